The summed E-state index contributed by atoms with van der Waals surface area (Å²) in [4.78, 5) is 2.43. The average Bonchev–Trinajstić information content (AvgIpc) is 3.38. The zero-order chi connectivity index (χ0) is 18.9. The fraction of sp³-hybridized carbons (Fsp3) is 0.273. The summed E-state index contributed by atoms with van der Waals surface area (Å²) < 4.78 is 7.92. The van der Waals surface area contributed by atoms with Crippen molar-refractivity contribution in [3.8, 4) is 11.1 Å². The number of hydrogen-bond donors (Lipinski definition) is 0. The van der Waals surface area contributed by atoms with Crippen LogP contribution >= 0.6 is 11.3 Å². The van der Waals surface area contributed by atoms with Crippen molar-refractivity contribution in [2.45, 2.75) is 19.6 Å². The van der Waals surface area contributed by atoms with Crippen LogP contribution in [-0.2, 0) is 11.3 Å². The van der Waals surface area contributed by atoms with E-state index in [9.17, 15) is 0 Å². The Hall–Kier alpha value is -2.54. The molecule has 3 aromatic heterocycles. The summed E-state index contributed by atoms with van der Waals surface area (Å²) in [6.07, 6.45) is 2.00. The monoisotopic (exact) mass is 390 g/mol. The number of morpholine rings is 1. The maximum absolute atomic E-state index is 6.05. The van der Waals surface area contributed by atoms with Crippen molar-refractivity contribution in [2.75, 3.05) is 19.7 Å². The Morgan fingerprint density at radius 3 is 2.79 bits per heavy atom. The Morgan fingerprint density at radius 2 is 1.96 bits per heavy atom. The lowest BCUT2D eigenvalue weighted by atomic mass is 10.1. The molecule has 1 aliphatic rings. The standard InChI is InChI=1S/C22H22N4OS/c1-16-2-4-18(5-3-16)19-6-7-20-22(23-24-26(20)13-19)21-14-25(9-10-27-21)12-17-8-11-28-15-17/h2-8,11,13,15,21H,9-10,12,14H2,1H3/t21-/m1/s1. The SMILES string of the molecule is Cc1ccc(-c2ccc3c([C@H]4CN(Cc5ccsc5)CCO4)nnn3c2)cc1. The highest BCUT2D eigenvalue weighted by Gasteiger charge is 2.26. The Labute approximate surface area is 168 Å². The third-order valence-corrected chi connectivity index (χ3v) is 6.00. The zero-order valence-electron chi connectivity index (χ0n) is 15.8. The fourth-order valence-corrected chi connectivity index (χ4v) is 4.37. The largest absolute Gasteiger partial charge is 0.369 e. The van der Waals surface area contributed by atoms with Gasteiger partial charge in [-0.3, -0.25) is 4.90 Å². The molecule has 1 atom stereocenters. The normalized spacial score (nSPS) is 18.0. The maximum atomic E-state index is 6.05. The molecule has 5 rings (SSSR count). The Kier molecular flexibility index (Phi) is 4.68. The van der Waals surface area contributed by atoms with Gasteiger partial charge in [0.25, 0.3) is 0 Å². The van der Waals surface area contributed by atoms with E-state index in [1.165, 1.54) is 16.7 Å². The molecular formula is C22H22N4OS. The molecule has 0 unspecified atom stereocenters. The van der Waals surface area contributed by atoms with Crippen LogP contribution < -0.4 is 0 Å². The summed E-state index contributed by atoms with van der Waals surface area (Å²) in [5.41, 5.74) is 6.87. The fourth-order valence-electron chi connectivity index (χ4n) is 3.71. The summed E-state index contributed by atoms with van der Waals surface area (Å²) in [6.45, 7) is 5.56. The number of aryl methyl sites for hydroxylation is 1. The second-order valence-corrected chi connectivity index (χ2v) is 8.09. The third kappa shape index (κ3) is 3.46. The number of aromatic nitrogens is 3. The van der Waals surface area contributed by atoms with Crippen LogP contribution in [0.5, 0.6) is 0 Å². The molecule has 0 bridgehead atoms. The van der Waals surface area contributed by atoms with Crippen LogP contribution in [0.25, 0.3) is 16.6 Å². The Balaban J connectivity index is 1.39. The minimum absolute atomic E-state index is 0.0462. The highest BCUT2D eigenvalue weighted by Crippen LogP contribution is 2.27. The van der Waals surface area contributed by atoms with Crippen LogP contribution in [0.2, 0.25) is 0 Å². The van der Waals surface area contributed by atoms with Gasteiger partial charge in [0.15, 0.2) is 0 Å². The van der Waals surface area contributed by atoms with Gasteiger partial charge in [-0.15, -0.1) is 5.10 Å². The van der Waals surface area contributed by atoms with Crippen molar-refractivity contribution in [1.82, 2.24) is 19.7 Å². The van der Waals surface area contributed by atoms with E-state index >= 15 is 0 Å². The van der Waals surface area contributed by atoms with Gasteiger partial charge in [-0.1, -0.05) is 41.1 Å². The van der Waals surface area contributed by atoms with Crippen LogP contribution in [0.15, 0.2) is 59.4 Å². The quantitative estimate of drug-likeness (QED) is 0.520. The molecule has 1 saturated heterocycles. The van der Waals surface area contributed by atoms with E-state index in [1.54, 1.807) is 11.3 Å². The molecule has 0 amide bonds. The molecule has 0 N–H and O–H groups in total. The van der Waals surface area contributed by atoms with Gasteiger partial charge in [-0.2, -0.15) is 11.3 Å². The molecule has 4 heterocycles. The van der Waals surface area contributed by atoms with E-state index in [-0.39, 0.29) is 6.10 Å². The van der Waals surface area contributed by atoms with Gasteiger partial charge in [0.05, 0.1) is 12.1 Å². The Morgan fingerprint density at radius 1 is 1.11 bits per heavy atom. The van der Waals surface area contributed by atoms with Crippen LogP contribution in [0.4, 0.5) is 0 Å². The number of nitrogens with zero attached hydrogens (tertiary/aromatic N) is 4. The number of rotatable bonds is 4. The van der Waals surface area contributed by atoms with Gasteiger partial charge < -0.3 is 4.74 Å². The molecule has 142 valence electrons. The van der Waals surface area contributed by atoms with Crippen LogP contribution in [0, 0.1) is 6.92 Å². The molecule has 0 aliphatic carbocycles. The lowest BCUT2D eigenvalue weighted by molar-refractivity contribution is -0.0342. The van der Waals surface area contributed by atoms with E-state index in [1.807, 2.05) is 10.7 Å². The van der Waals surface area contributed by atoms with Gasteiger partial charge in [-0.25, -0.2) is 4.52 Å². The first-order chi connectivity index (χ1) is 13.8. The Bertz CT molecular complexity index is 1070. The molecular weight excluding hydrogens is 368 g/mol. The predicted molar refractivity (Wildman–Crippen MR) is 111 cm³/mol. The second kappa shape index (κ2) is 7.47. The number of ether oxygens (including phenoxy) is 1. The smallest absolute Gasteiger partial charge is 0.121 e. The first-order valence-electron chi connectivity index (χ1n) is 9.53. The minimum atomic E-state index is -0.0462. The molecule has 4 aromatic rings. The number of hydrogen-bond acceptors (Lipinski definition) is 5. The van der Waals surface area contributed by atoms with E-state index in [4.69, 9.17) is 4.74 Å². The van der Waals surface area contributed by atoms with E-state index in [2.05, 4.69) is 75.4 Å². The molecule has 6 heteroatoms. The zero-order valence-corrected chi connectivity index (χ0v) is 16.6. The summed E-state index contributed by atoms with van der Waals surface area (Å²) in [5, 5.41) is 13.2. The maximum Gasteiger partial charge on any atom is 0.121 e. The van der Waals surface area contributed by atoms with Crippen molar-refractivity contribution in [3.05, 3.63) is 76.2 Å². The van der Waals surface area contributed by atoms with Crippen molar-refractivity contribution < 1.29 is 4.74 Å². The molecule has 1 aromatic carbocycles. The van der Waals surface area contributed by atoms with E-state index < -0.39 is 0 Å². The minimum Gasteiger partial charge on any atom is -0.369 e. The van der Waals surface area contributed by atoms with Crippen molar-refractivity contribution in [3.63, 3.8) is 0 Å². The summed E-state index contributed by atoms with van der Waals surface area (Å²) in [5.74, 6) is 0. The topological polar surface area (TPSA) is 42.7 Å². The molecule has 1 aliphatic heterocycles. The second-order valence-electron chi connectivity index (χ2n) is 7.31. The van der Waals surface area contributed by atoms with Crippen molar-refractivity contribution in [1.29, 1.82) is 0 Å². The number of thiophene rings is 1. The molecule has 28 heavy (non-hydrogen) atoms. The van der Waals surface area contributed by atoms with Gasteiger partial charge >= 0.3 is 0 Å². The van der Waals surface area contributed by atoms with Crippen LogP contribution in [0.1, 0.15) is 22.9 Å². The van der Waals surface area contributed by atoms with Crippen LogP contribution in [-0.4, -0.2) is 39.4 Å². The molecule has 0 spiro atoms. The van der Waals surface area contributed by atoms with E-state index in [0.717, 1.165) is 43.0 Å². The number of fused-ring (bicyclic) bond motifs is 1. The summed E-state index contributed by atoms with van der Waals surface area (Å²) >= 11 is 1.75. The lowest BCUT2D eigenvalue weighted by Crippen LogP contribution is -2.37. The number of pyridine rings is 1. The molecule has 0 saturated carbocycles. The van der Waals surface area contributed by atoms with Crippen molar-refractivity contribution in [2.24, 2.45) is 0 Å². The van der Waals surface area contributed by atoms with Gasteiger partial charge in [0.1, 0.15) is 11.8 Å². The van der Waals surface area contributed by atoms with Gasteiger partial charge in [0, 0.05) is 31.4 Å². The molecule has 0 radical (unpaired) electrons. The highest BCUT2D eigenvalue weighted by molar-refractivity contribution is 7.07. The third-order valence-electron chi connectivity index (χ3n) is 5.27. The molecule has 5 nitrogen and oxygen atoms in total. The first kappa shape index (κ1) is 17.6. The summed E-state index contributed by atoms with van der Waals surface area (Å²) in [7, 11) is 0. The van der Waals surface area contributed by atoms with Gasteiger partial charge in [0.2, 0.25) is 0 Å². The molecule has 1 fully saturated rings. The highest BCUT2D eigenvalue weighted by atomic mass is 32.1. The van der Waals surface area contributed by atoms with Gasteiger partial charge in [-0.05, 0) is 40.9 Å². The lowest BCUT2D eigenvalue weighted by Gasteiger charge is -2.31. The predicted octanol–water partition coefficient (Wildman–Crippen LogP) is 4.34. The van der Waals surface area contributed by atoms with E-state index in [0.29, 0.717) is 0 Å². The van der Waals surface area contributed by atoms with Crippen molar-refractivity contribution >= 4 is 16.9 Å². The number of benzene rings is 1. The van der Waals surface area contributed by atoms with Crippen LogP contribution in [0.3, 0.4) is 0 Å². The summed E-state index contributed by atoms with van der Waals surface area (Å²) in [6, 6.07) is 15.0. The average molecular weight is 391 g/mol. The first-order valence-corrected chi connectivity index (χ1v) is 10.5.